The van der Waals surface area contributed by atoms with E-state index in [1.807, 2.05) is 0 Å². The summed E-state index contributed by atoms with van der Waals surface area (Å²) in [6.45, 7) is 0. The van der Waals surface area contributed by atoms with Crippen molar-refractivity contribution < 1.29 is 24.2 Å². The smallest absolute Gasteiger partial charge is 0.337 e. The Morgan fingerprint density at radius 1 is 1.24 bits per heavy atom. The Kier molecular flexibility index (Phi) is 6.25. The molecule has 0 saturated carbocycles. The molecule has 1 aliphatic rings. The van der Waals surface area contributed by atoms with Gasteiger partial charge >= 0.3 is 5.97 Å². The van der Waals surface area contributed by atoms with E-state index in [1.165, 1.54) is 26.4 Å². The molecule has 6 nitrogen and oxygen atoms in total. The number of hydrogen-bond donors (Lipinski definition) is 2. The molecule has 1 aromatic rings. The van der Waals surface area contributed by atoms with Crippen molar-refractivity contribution in [2.45, 2.75) is 12.8 Å². The molecule has 0 saturated heterocycles. The highest BCUT2D eigenvalue weighted by Crippen LogP contribution is 2.33. The molecule has 0 aliphatic heterocycles. The molecular formula is C18H16BrNO5. The fourth-order valence-electron chi connectivity index (χ4n) is 2.16. The van der Waals surface area contributed by atoms with Crippen LogP contribution in [0.4, 0.5) is 5.69 Å². The molecule has 1 aromatic carbocycles. The van der Waals surface area contributed by atoms with E-state index < -0.39 is 11.9 Å². The van der Waals surface area contributed by atoms with E-state index in [2.05, 4.69) is 33.1 Å². The average molecular weight is 406 g/mol. The second-order valence-electron chi connectivity index (χ2n) is 5.03. The summed E-state index contributed by atoms with van der Waals surface area (Å²) in [6, 6.07) is 2.73. The summed E-state index contributed by atoms with van der Waals surface area (Å²) in [6.07, 6.45) is 4.31. The van der Waals surface area contributed by atoms with Crippen LogP contribution in [0.25, 0.3) is 0 Å². The third kappa shape index (κ3) is 4.64. The normalized spacial score (nSPS) is 17.4. The molecule has 0 aromatic heterocycles. The second-order valence-corrected chi connectivity index (χ2v) is 6.05. The van der Waals surface area contributed by atoms with Gasteiger partial charge in [-0.25, -0.2) is 4.79 Å². The number of ether oxygens (including phenoxy) is 2. The van der Waals surface area contributed by atoms with Gasteiger partial charge in [0.15, 0.2) is 11.5 Å². The summed E-state index contributed by atoms with van der Waals surface area (Å²) in [4.78, 5) is 24.0. The molecule has 25 heavy (non-hydrogen) atoms. The lowest BCUT2D eigenvalue weighted by atomic mass is 10.1. The number of hydrogen-bond acceptors (Lipinski definition) is 4. The summed E-state index contributed by atoms with van der Waals surface area (Å²) < 4.78 is 11.1. The predicted octanol–water partition coefficient (Wildman–Crippen LogP) is 3.34. The number of rotatable bonds is 5. The highest BCUT2D eigenvalue weighted by molar-refractivity contribution is 9.11. The van der Waals surface area contributed by atoms with Crippen LogP contribution < -0.4 is 14.8 Å². The van der Waals surface area contributed by atoms with Gasteiger partial charge in [0.1, 0.15) is 0 Å². The quantitative estimate of drug-likeness (QED) is 0.733. The standard InChI is InChI=1S/C18H16BrNO5/c1-24-15-9-13(18(22)23)14(10-16(15)25-2)20-17(21)11-5-3-4-6-12(19)8-7-11/h6-7,9-10H,5,8H2,1-2H3,(H,20,21)(H,22,23)/b11-7+,12-6+. The van der Waals surface area contributed by atoms with Gasteiger partial charge in [-0.1, -0.05) is 33.8 Å². The Balaban J connectivity index is 2.34. The lowest BCUT2D eigenvalue weighted by Gasteiger charge is -2.14. The minimum atomic E-state index is -1.19. The molecule has 0 radical (unpaired) electrons. The number of amides is 1. The number of allylic oxidation sites excluding steroid dienone is 3. The number of benzene rings is 1. The molecule has 0 heterocycles. The van der Waals surface area contributed by atoms with Gasteiger partial charge in [-0.2, -0.15) is 0 Å². The molecule has 2 rings (SSSR count). The Morgan fingerprint density at radius 2 is 1.92 bits per heavy atom. The minimum Gasteiger partial charge on any atom is -0.493 e. The van der Waals surface area contributed by atoms with E-state index in [0.29, 0.717) is 17.7 Å². The summed E-state index contributed by atoms with van der Waals surface area (Å²) in [5.74, 6) is 4.69. The van der Waals surface area contributed by atoms with Gasteiger partial charge in [0.2, 0.25) is 0 Å². The van der Waals surface area contributed by atoms with Gasteiger partial charge in [-0.3, -0.25) is 4.79 Å². The number of carboxylic acids is 1. The number of anilines is 1. The first kappa shape index (κ1) is 18.6. The number of carboxylic acid groups (broad SMARTS) is 1. The van der Waals surface area contributed by atoms with Crippen molar-refractivity contribution >= 4 is 33.5 Å². The number of carbonyl (C=O) groups is 2. The second kappa shape index (κ2) is 8.40. The molecule has 1 aliphatic carbocycles. The predicted molar refractivity (Wildman–Crippen MR) is 97.2 cm³/mol. The van der Waals surface area contributed by atoms with Gasteiger partial charge < -0.3 is 19.9 Å². The maximum absolute atomic E-state index is 12.5. The van der Waals surface area contributed by atoms with E-state index in [4.69, 9.17) is 9.47 Å². The molecular weight excluding hydrogens is 390 g/mol. The first-order chi connectivity index (χ1) is 12.0. The third-order valence-electron chi connectivity index (χ3n) is 3.45. The van der Waals surface area contributed by atoms with E-state index in [0.717, 1.165) is 4.48 Å². The SMILES string of the molecule is COc1cc(NC(=O)/C2=C/C/C(Br)=C\C#CC2)c(C(=O)O)cc1OC. The van der Waals surface area contributed by atoms with Crippen LogP contribution in [0.3, 0.4) is 0 Å². The maximum Gasteiger partial charge on any atom is 0.337 e. The van der Waals surface area contributed by atoms with E-state index in [1.54, 1.807) is 12.2 Å². The van der Waals surface area contributed by atoms with Crippen molar-refractivity contribution in [1.29, 1.82) is 0 Å². The number of carbonyl (C=O) groups excluding carboxylic acids is 1. The maximum atomic E-state index is 12.5. The van der Waals surface area contributed by atoms with Crippen molar-refractivity contribution in [3.8, 4) is 23.3 Å². The number of methoxy groups -OCH3 is 2. The fraction of sp³-hybridized carbons (Fsp3) is 0.222. The monoisotopic (exact) mass is 405 g/mol. The molecule has 0 spiro atoms. The topological polar surface area (TPSA) is 84.9 Å². The van der Waals surface area contributed by atoms with Gasteiger partial charge in [0.25, 0.3) is 5.91 Å². The molecule has 130 valence electrons. The van der Waals surface area contributed by atoms with Crippen LogP contribution in [0.5, 0.6) is 11.5 Å². The summed E-state index contributed by atoms with van der Waals surface area (Å²) in [7, 11) is 2.84. The van der Waals surface area contributed by atoms with Crippen LogP contribution in [0.2, 0.25) is 0 Å². The summed E-state index contributed by atoms with van der Waals surface area (Å²) >= 11 is 3.36. The van der Waals surface area contributed by atoms with Gasteiger partial charge in [0, 0.05) is 28.6 Å². The molecule has 2 N–H and O–H groups in total. The highest BCUT2D eigenvalue weighted by atomic mass is 79.9. The fourth-order valence-corrected chi connectivity index (χ4v) is 2.44. The Morgan fingerprint density at radius 3 is 2.56 bits per heavy atom. The zero-order valence-corrected chi connectivity index (χ0v) is 15.3. The van der Waals surface area contributed by atoms with Crippen LogP contribution in [0, 0.1) is 11.8 Å². The van der Waals surface area contributed by atoms with E-state index in [9.17, 15) is 14.7 Å². The molecule has 0 bridgehead atoms. The lowest BCUT2D eigenvalue weighted by molar-refractivity contribution is -0.112. The average Bonchev–Trinajstić information content (AvgIpc) is 2.57. The zero-order chi connectivity index (χ0) is 18.4. The van der Waals surface area contributed by atoms with Crippen LogP contribution >= 0.6 is 15.9 Å². The van der Waals surface area contributed by atoms with Crippen molar-refractivity contribution in [2.75, 3.05) is 19.5 Å². The largest absolute Gasteiger partial charge is 0.493 e. The Bertz CT molecular complexity index is 830. The minimum absolute atomic E-state index is 0.0930. The molecule has 0 fully saturated rings. The number of aromatic carboxylic acids is 1. The molecule has 7 heteroatoms. The van der Waals surface area contributed by atoms with Crippen molar-refractivity contribution in [3.05, 3.63) is 39.9 Å². The van der Waals surface area contributed by atoms with Gasteiger partial charge in [0.05, 0.1) is 25.5 Å². The first-order valence-corrected chi connectivity index (χ1v) is 8.08. The van der Waals surface area contributed by atoms with E-state index >= 15 is 0 Å². The summed E-state index contributed by atoms with van der Waals surface area (Å²) in [5.41, 5.74) is 0.494. The van der Waals surface area contributed by atoms with Crippen molar-refractivity contribution in [3.63, 3.8) is 0 Å². The van der Waals surface area contributed by atoms with Gasteiger partial charge in [-0.05, 0) is 12.5 Å². The molecule has 1 amide bonds. The van der Waals surface area contributed by atoms with Crippen LogP contribution in [-0.2, 0) is 4.79 Å². The van der Waals surface area contributed by atoms with E-state index in [-0.39, 0.29) is 23.4 Å². The van der Waals surface area contributed by atoms with Crippen LogP contribution in [0.15, 0.2) is 34.3 Å². The van der Waals surface area contributed by atoms with Crippen LogP contribution in [0.1, 0.15) is 23.2 Å². The summed E-state index contributed by atoms with van der Waals surface area (Å²) in [5, 5.41) is 12.0. The molecule has 0 atom stereocenters. The zero-order valence-electron chi connectivity index (χ0n) is 13.7. The number of nitrogens with one attached hydrogen (secondary N) is 1. The number of halogens is 1. The Hall–Kier alpha value is -2.72. The van der Waals surface area contributed by atoms with Crippen LogP contribution in [-0.4, -0.2) is 31.2 Å². The van der Waals surface area contributed by atoms with Crippen molar-refractivity contribution in [2.24, 2.45) is 0 Å². The third-order valence-corrected chi connectivity index (χ3v) is 4.00. The highest BCUT2D eigenvalue weighted by Gasteiger charge is 2.19. The van der Waals surface area contributed by atoms with Gasteiger partial charge in [-0.15, -0.1) is 0 Å². The van der Waals surface area contributed by atoms with Crippen molar-refractivity contribution in [1.82, 2.24) is 0 Å². The lowest BCUT2D eigenvalue weighted by Crippen LogP contribution is -2.17. The first-order valence-electron chi connectivity index (χ1n) is 7.29. The Labute approximate surface area is 153 Å². The molecule has 0 unspecified atom stereocenters.